The molecule has 1 amide bonds. The molecule has 0 fully saturated rings. The molecule has 1 heterocycles. The Bertz CT molecular complexity index is 712. The van der Waals surface area contributed by atoms with Crippen molar-refractivity contribution in [3.8, 4) is 0 Å². The smallest absolute Gasteiger partial charge is 0.325 e. The van der Waals surface area contributed by atoms with Crippen LogP contribution in [0.4, 0.5) is 9.57 Å². The Balaban J connectivity index is 1.94. The van der Waals surface area contributed by atoms with Crippen LogP contribution in [-0.2, 0) is 21.4 Å². The molecule has 0 unspecified atom stereocenters. The van der Waals surface area contributed by atoms with Crippen LogP contribution in [-0.4, -0.2) is 14.3 Å². The number of anilines is 1. The summed E-state index contributed by atoms with van der Waals surface area (Å²) in [4.78, 5) is 12.5. The van der Waals surface area contributed by atoms with Gasteiger partial charge in [0, 0.05) is 11.3 Å². The van der Waals surface area contributed by atoms with Crippen molar-refractivity contribution in [3.63, 3.8) is 0 Å². The number of hydrogen-bond donors (Lipinski definition) is 1. The summed E-state index contributed by atoms with van der Waals surface area (Å²) >= 11 is 1.62. The first-order valence-electron chi connectivity index (χ1n) is 6.33. The zero-order chi connectivity index (χ0) is 15.3. The molecule has 0 radical (unpaired) electrons. The predicted octanol–water partition coefficient (Wildman–Crippen LogP) is 3.37. The van der Waals surface area contributed by atoms with Gasteiger partial charge in [0.2, 0.25) is 5.91 Å². The van der Waals surface area contributed by atoms with E-state index in [0.717, 1.165) is 12.5 Å². The van der Waals surface area contributed by atoms with Crippen LogP contribution < -0.4 is 5.32 Å². The minimum absolute atomic E-state index is 0.0267. The van der Waals surface area contributed by atoms with Gasteiger partial charge >= 0.3 is 10.2 Å². The van der Waals surface area contributed by atoms with E-state index in [-0.39, 0.29) is 18.0 Å². The largest absolute Gasteiger partial charge is 0.334 e. The lowest BCUT2D eigenvalue weighted by molar-refractivity contribution is -0.116. The SMILES string of the molecule is O=C(CCCc1cccs1)Nc1ccccc1S(=O)(=O)F. The summed E-state index contributed by atoms with van der Waals surface area (Å²) in [5.74, 6) is -0.331. The number of aryl methyl sites for hydroxylation is 1. The van der Waals surface area contributed by atoms with Gasteiger partial charge in [-0.05, 0) is 36.4 Å². The van der Waals surface area contributed by atoms with Gasteiger partial charge in [0.1, 0.15) is 4.90 Å². The van der Waals surface area contributed by atoms with Crippen LogP contribution in [0.5, 0.6) is 0 Å². The fourth-order valence-electron chi connectivity index (χ4n) is 1.87. The molecule has 0 spiro atoms. The van der Waals surface area contributed by atoms with Crippen LogP contribution in [0, 0.1) is 0 Å². The van der Waals surface area contributed by atoms with Gasteiger partial charge in [-0.15, -0.1) is 15.2 Å². The molecule has 0 bridgehead atoms. The highest BCUT2D eigenvalue weighted by Gasteiger charge is 2.17. The van der Waals surface area contributed by atoms with Gasteiger partial charge in [0.05, 0.1) is 5.69 Å². The highest BCUT2D eigenvalue weighted by atomic mass is 32.3. The van der Waals surface area contributed by atoms with E-state index in [1.54, 1.807) is 11.3 Å². The predicted molar refractivity (Wildman–Crippen MR) is 80.6 cm³/mol. The number of halogens is 1. The number of carbonyl (C=O) groups excluding carboxylic acids is 1. The Labute approximate surface area is 126 Å². The van der Waals surface area contributed by atoms with E-state index in [4.69, 9.17) is 0 Å². The van der Waals surface area contributed by atoms with E-state index in [2.05, 4.69) is 5.32 Å². The molecule has 1 aromatic carbocycles. The molecule has 2 rings (SSSR count). The van der Waals surface area contributed by atoms with Gasteiger partial charge in [-0.3, -0.25) is 4.79 Å². The highest BCUT2D eigenvalue weighted by Crippen LogP contribution is 2.23. The second-order valence-corrected chi connectivity index (χ2v) is 6.76. The maximum Gasteiger partial charge on any atom is 0.334 e. The molecule has 0 aliphatic rings. The molecule has 0 aliphatic heterocycles. The summed E-state index contributed by atoms with van der Waals surface area (Å²) in [7, 11) is -4.85. The second kappa shape index (κ2) is 6.82. The van der Waals surface area contributed by atoms with Gasteiger partial charge in [0.25, 0.3) is 0 Å². The lowest BCUT2D eigenvalue weighted by atomic mass is 10.2. The number of hydrogen-bond acceptors (Lipinski definition) is 4. The van der Waals surface area contributed by atoms with Gasteiger partial charge in [-0.25, -0.2) is 0 Å². The van der Waals surface area contributed by atoms with Gasteiger partial charge in [-0.1, -0.05) is 18.2 Å². The minimum Gasteiger partial charge on any atom is -0.325 e. The molecular formula is C14H14FNO3S2. The number of benzene rings is 1. The zero-order valence-electron chi connectivity index (χ0n) is 11.1. The molecular weight excluding hydrogens is 313 g/mol. The summed E-state index contributed by atoms with van der Waals surface area (Å²) in [6.07, 6.45) is 1.68. The van der Waals surface area contributed by atoms with E-state index < -0.39 is 15.1 Å². The highest BCUT2D eigenvalue weighted by molar-refractivity contribution is 7.86. The van der Waals surface area contributed by atoms with Gasteiger partial charge < -0.3 is 5.32 Å². The maximum absolute atomic E-state index is 13.1. The van der Waals surface area contributed by atoms with Crippen LogP contribution in [0.25, 0.3) is 0 Å². The molecule has 1 N–H and O–H groups in total. The molecule has 4 nitrogen and oxygen atoms in total. The maximum atomic E-state index is 13.1. The Morgan fingerprint density at radius 3 is 2.62 bits per heavy atom. The summed E-state index contributed by atoms with van der Waals surface area (Å²) in [6.45, 7) is 0. The third-order valence-electron chi connectivity index (χ3n) is 2.83. The molecule has 112 valence electrons. The molecule has 7 heteroatoms. The van der Waals surface area contributed by atoms with E-state index in [1.165, 1.54) is 23.1 Å². The van der Waals surface area contributed by atoms with Gasteiger partial charge in [0.15, 0.2) is 0 Å². The van der Waals surface area contributed by atoms with Crippen molar-refractivity contribution < 1.29 is 17.1 Å². The average Bonchev–Trinajstić information content (AvgIpc) is 2.91. The fraction of sp³-hybridized carbons (Fsp3) is 0.214. The number of amides is 1. The normalized spacial score (nSPS) is 11.3. The number of thiophene rings is 1. The van der Waals surface area contributed by atoms with Crippen LogP contribution in [0.2, 0.25) is 0 Å². The Kier molecular flexibility index (Phi) is 5.08. The molecule has 0 saturated carbocycles. The van der Waals surface area contributed by atoms with E-state index in [1.807, 2.05) is 17.5 Å². The molecule has 2 aromatic rings. The molecule has 0 atom stereocenters. The Morgan fingerprint density at radius 1 is 1.19 bits per heavy atom. The summed E-state index contributed by atoms with van der Waals surface area (Å²) in [5.41, 5.74) is -0.0267. The van der Waals surface area contributed by atoms with Crippen molar-refractivity contribution in [1.82, 2.24) is 0 Å². The number of carbonyl (C=O) groups is 1. The lowest BCUT2D eigenvalue weighted by Gasteiger charge is -2.08. The van der Waals surface area contributed by atoms with Crippen molar-refractivity contribution in [1.29, 1.82) is 0 Å². The first kappa shape index (κ1) is 15.7. The van der Waals surface area contributed by atoms with Crippen LogP contribution in [0.3, 0.4) is 0 Å². The summed E-state index contributed by atoms with van der Waals surface area (Å²) in [6, 6.07) is 9.37. The monoisotopic (exact) mass is 327 g/mol. The first-order valence-corrected chi connectivity index (χ1v) is 8.59. The molecule has 1 aromatic heterocycles. The average molecular weight is 327 g/mol. The topological polar surface area (TPSA) is 63.2 Å². The molecule has 0 aliphatic carbocycles. The van der Waals surface area contributed by atoms with Crippen LogP contribution >= 0.6 is 11.3 Å². The Morgan fingerprint density at radius 2 is 1.95 bits per heavy atom. The molecule has 21 heavy (non-hydrogen) atoms. The zero-order valence-corrected chi connectivity index (χ0v) is 12.7. The van der Waals surface area contributed by atoms with Crippen LogP contribution in [0.1, 0.15) is 17.7 Å². The van der Waals surface area contributed by atoms with Crippen molar-refractivity contribution >= 4 is 33.2 Å². The standard InChI is InChI=1S/C14H14FNO3S2/c15-21(18,19)13-8-2-1-7-12(13)16-14(17)9-3-5-11-6-4-10-20-11/h1-2,4,6-8,10H,3,5,9H2,(H,16,17). The van der Waals surface area contributed by atoms with Crippen molar-refractivity contribution in [2.24, 2.45) is 0 Å². The van der Waals surface area contributed by atoms with Crippen molar-refractivity contribution in [2.75, 3.05) is 5.32 Å². The fourth-order valence-corrected chi connectivity index (χ4v) is 3.25. The van der Waals surface area contributed by atoms with E-state index in [9.17, 15) is 17.1 Å². The number of nitrogens with one attached hydrogen (secondary N) is 1. The first-order chi connectivity index (χ1) is 9.97. The summed E-state index contributed by atoms with van der Waals surface area (Å²) < 4.78 is 35.1. The third-order valence-corrected chi connectivity index (χ3v) is 4.65. The van der Waals surface area contributed by atoms with Crippen molar-refractivity contribution in [2.45, 2.75) is 24.2 Å². The second-order valence-electron chi connectivity index (χ2n) is 4.42. The minimum atomic E-state index is -4.85. The number of para-hydroxylation sites is 1. The quantitative estimate of drug-likeness (QED) is 0.827. The van der Waals surface area contributed by atoms with Crippen molar-refractivity contribution in [3.05, 3.63) is 46.7 Å². The van der Waals surface area contributed by atoms with Gasteiger partial charge in [-0.2, -0.15) is 8.42 Å². The van der Waals surface area contributed by atoms with E-state index in [0.29, 0.717) is 6.42 Å². The number of rotatable bonds is 6. The molecule has 0 saturated heterocycles. The lowest BCUT2D eigenvalue weighted by Crippen LogP contribution is -2.13. The van der Waals surface area contributed by atoms with E-state index >= 15 is 0 Å². The third kappa shape index (κ3) is 4.64. The Hall–Kier alpha value is -1.73. The van der Waals surface area contributed by atoms with Crippen LogP contribution in [0.15, 0.2) is 46.7 Å². The summed E-state index contributed by atoms with van der Waals surface area (Å²) in [5, 5.41) is 4.41.